The normalized spacial score (nSPS) is 15.8. The number of hydrogen-bond acceptors (Lipinski definition) is 3. The summed E-state index contributed by atoms with van der Waals surface area (Å²) in [7, 11) is 0. The van der Waals surface area contributed by atoms with Crippen molar-refractivity contribution >= 4 is 11.9 Å². The van der Waals surface area contributed by atoms with Crippen LogP contribution in [0.4, 0.5) is 0 Å². The molecule has 0 saturated carbocycles. The van der Waals surface area contributed by atoms with Crippen LogP contribution in [0.25, 0.3) is 0 Å². The molecule has 3 heteroatoms. The zero-order valence-electron chi connectivity index (χ0n) is 24.8. The Bertz CT molecular complexity index is 553. The van der Waals surface area contributed by atoms with Gasteiger partial charge in [-0.05, 0) is 12.8 Å². The second-order valence-electron chi connectivity index (χ2n) is 11.7. The molecule has 1 heterocycles. The molecule has 0 aromatic heterocycles. The largest absolute Gasteiger partial charge is 0.393 e. The number of hydrogen-bond donors (Lipinski definition) is 0. The van der Waals surface area contributed by atoms with Gasteiger partial charge in [0, 0.05) is 0 Å². The molecule has 216 valence electrons. The van der Waals surface area contributed by atoms with Gasteiger partial charge < -0.3 is 4.74 Å². The molecular formula is C34H62O3. The molecule has 1 fully saturated rings. The van der Waals surface area contributed by atoms with Crippen LogP contribution >= 0.6 is 0 Å². The van der Waals surface area contributed by atoms with Crippen molar-refractivity contribution in [2.45, 2.75) is 187 Å². The molecule has 0 amide bonds. The number of cyclic esters (lactones) is 2. The maximum Gasteiger partial charge on any atom is 0.321 e. The van der Waals surface area contributed by atoms with Crippen LogP contribution in [0.1, 0.15) is 187 Å². The van der Waals surface area contributed by atoms with Gasteiger partial charge in [-0.25, -0.2) is 0 Å². The molecule has 1 aliphatic heterocycles. The summed E-state index contributed by atoms with van der Waals surface area (Å²) in [6.45, 7) is 2.30. The van der Waals surface area contributed by atoms with Crippen molar-refractivity contribution in [2.24, 2.45) is 5.92 Å². The minimum Gasteiger partial charge on any atom is -0.393 e. The quantitative estimate of drug-likeness (QED) is 0.0447. The fourth-order valence-electron chi connectivity index (χ4n) is 5.48. The first-order valence-electron chi connectivity index (χ1n) is 16.6. The van der Waals surface area contributed by atoms with Gasteiger partial charge in [-0.3, -0.25) is 9.59 Å². The van der Waals surface area contributed by atoms with E-state index in [1.807, 2.05) is 12.2 Å². The molecule has 1 atom stereocenters. The van der Waals surface area contributed by atoms with Gasteiger partial charge in [-0.15, -0.1) is 0 Å². The molecule has 0 N–H and O–H groups in total. The number of carbonyl (C=O) groups is 2. The molecule has 0 radical (unpaired) electrons. The fourth-order valence-corrected chi connectivity index (χ4v) is 5.48. The number of rotatable bonds is 28. The van der Waals surface area contributed by atoms with Crippen LogP contribution in [0, 0.1) is 5.92 Å². The van der Waals surface area contributed by atoms with E-state index in [1.165, 1.54) is 167 Å². The minimum atomic E-state index is -0.389. The molecule has 0 aromatic carbocycles. The van der Waals surface area contributed by atoms with Crippen molar-refractivity contribution in [1.29, 1.82) is 0 Å². The van der Waals surface area contributed by atoms with E-state index < -0.39 is 0 Å². The second-order valence-corrected chi connectivity index (χ2v) is 11.7. The average Bonchev–Trinajstić information content (AvgIpc) is 3.22. The van der Waals surface area contributed by atoms with E-state index in [0.717, 1.165) is 6.42 Å². The van der Waals surface area contributed by atoms with Gasteiger partial charge in [0.15, 0.2) is 0 Å². The van der Waals surface area contributed by atoms with Crippen molar-refractivity contribution < 1.29 is 14.3 Å². The highest BCUT2D eigenvalue weighted by atomic mass is 16.6. The summed E-state index contributed by atoms with van der Waals surface area (Å²) in [4.78, 5) is 22.4. The second kappa shape index (κ2) is 26.5. The summed E-state index contributed by atoms with van der Waals surface area (Å²) >= 11 is 0. The van der Waals surface area contributed by atoms with Gasteiger partial charge in [0.1, 0.15) is 0 Å². The van der Waals surface area contributed by atoms with E-state index in [2.05, 4.69) is 11.7 Å². The van der Waals surface area contributed by atoms with Crippen molar-refractivity contribution in [2.75, 3.05) is 0 Å². The Morgan fingerprint density at radius 3 is 1.16 bits per heavy atom. The van der Waals surface area contributed by atoms with Crippen LogP contribution in [0.3, 0.4) is 0 Å². The number of esters is 2. The number of ether oxygens (including phenoxy) is 1. The molecule has 0 spiro atoms. The van der Waals surface area contributed by atoms with Crippen LogP contribution < -0.4 is 0 Å². The summed E-state index contributed by atoms with van der Waals surface area (Å²) in [6.07, 6.45) is 42.0. The Hall–Kier alpha value is -1.12. The van der Waals surface area contributed by atoms with Crippen LogP contribution in [-0.2, 0) is 14.3 Å². The molecule has 1 saturated heterocycles. The first-order chi connectivity index (χ1) is 18.2. The third-order valence-electron chi connectivity index (χ3n) is 8.00. The third-order valence-corrected chi connectivity index (χ3v) is 8.00. The summed E-state index contributed by atoms with van der Waals surface area (Å²) in [6, 6.07) is 0. The van der Waals surface area contributed by atoms with E-state index in [4.69, 9.17) is 0 Å². The van der Waals surface area contributed by atoms with Crippen molar-refractivity contribution in [1.82, 2.24) is 0 Å². The molecular weight excluding hydrogens is 456 g/mol. The summed E-state index contributed by atoms with van der Waals surface area (Å²) in [5.41, 5.74) is 0. The van der Waals surface area contributed by atoms with Gasteiger partial charge in [-0.1, -0.05) is 180 Å². The summed E-state index contributed by atoms with van der Waals surface area (Å²) in [5, 5.41) is 0. The number of carbonyl (C=O) groups excluding carboxylic acids is 2. The smallest absolute Gasteiger partial charge is 0.321 e. The van der Waals surface area contributed by atoms with Crippen LogP contribution in [0.15, 0.2) is 12.2 Å². The maximum absolute atomic E-state index is 11.4. The van der Waals surface area contributed by atoms with Gasteiger partial charge >= 0.3 is 11.9 Å². The minimum absolute atomic E-state index is 0.217. The first-order valence-corrected chi connectivity index (χ1v) is 16.6. The van der Waals surface area contributed by atoms with Gasteiger partial charge in [0.05, 0.1) is 12.3 Å². The van der Waals surface area contributed by atoms with Gasteiger partial charge in [-0.2, -0.15) is 0 Å². The Kier molecular flexibility index (Phi) is 24.3. The number of allylic oxidation sites excluding steroid dienone is 1. The van der Waals surface area contributed by atoms with Crippen molar-refractivity contribution in [3.63, 3.8) is 0 Å². The topological polar surface area (TPSA) is 43.4 Å². The molecule has 0 aromatic rings. The first kappa shape index (κ1) is 33.9. The van der Waals surface area contributed by atoms with Crippen LogP contribution in [-0.4, -0.2) is 11.9 Å². The highest BCUT2D eigenvalue weighted by molar-refractivity contribution is 5.95. The molecule has 1 unspecified atom stereocenters. The maximum atomic E-state index is 11.4. The molecule has 1 rings (SSSR count). The lowest BCUT2D eigenvalue weighted by molar-refractivity contribution is -0.152. The monoisotopic (exact) mass is 518 g/mol. The Morgan fingerprint density at radius 2 is 0.865 bits per heavy atom. The Balaban J connectivity index is 1.66. The van der Waals surface area contributed by atoms with Crippen LogP contribution in [0.2, 0.25) is 0 Å². The predicted molar refractivity (Wildman–Crippen MR) is 159 cm³/mol. The lowest BCUT2D eigenvalue weighted by Crippen LogP contribution is -2.03. The van der Waals surface area contributed by atoms with E-state index in [1.54, 1.807) is 0 Å². The Labute approximate surface area is 231 Å². The zero-order chi connectivity index (χ0) is 26.7. The van der Waals surface area contributed by atoms with Crippen molar-refractivity contribution in [3.05, 3.63) is 12.2 Å². The Morgan fingerprint density at radius 1 is 0.541 bits per heavy atom. The molecule has 0 aliphatic carbocycles. The van der Waals surface area contributed by atoms with Crippen molar-refractivity contribution in [3.8, 4) is 0 Å². The SMILES string of the molecule is CCCCCCCCCCCCCCCCCCCCCCCCCCCC/C=C/C1CC(=O)OC1=O. The molecule has 37 heavy (non-hydrogen) atoms. The summed E-state index contributed by atoms with van der Waals surface area (Å²) in [5.74, 6) is -1.11. The molecule has 0 bridgehead atoms. The van der Waals surface area contributed by atoms with Crippen LogP contribution in [0.5, 0.6) is 0 Å². The van der Waals surface area contributed by atoms with Gasteiger partial charge in [0.2, 0.25) is 0 Å². The summed E-state index contributed by atoms with van der Waals surface area (Å²) < 4.78 is 4.56. The highest BCUT2D eigenvalue weighted by Crippen LogP contribution is 2.18. The van der Waals surface area contributed by atoms with Gasteiger partial charge in [0.25, 0.3) is 0 Å². The lowest BCUT2D eigenvalue weighted by Gasteiger charge is -2.04. The third kappa shape index (κ3) is 22.6. The predicted octanol–water partition coefficient (Wildman–Crippen LogP) is 11.2. The number of unbranched alkanes of at least 4 members (excludes halogenated alkanes) is 26. The zero-order valence-corrected chi connectivity index (χ0v) is 24.8. The highest BCUT2D eigenvalue weighted by Gasteiger charge is 2.30. The standard InChI is InChI=1S/C34H62O3/c1-2-3-4-5-6-7-8-9-10-11-12-13-14-15-16-17-18-19-20-21-22-23-24-25-26-27-28-29-30-32-31-33(35)37-34(32)36/h29-30,32H,2-28,31H2,1H3/b30-29+. The van der Waals surface area contributed by atoms with E-state index in [-0.39, 0.29) is 24.3 Å². The van der Waals surface area contributed by atoms with E-state index >= 15 is 0 Å². The fraction of sp³-hybridized carbons (Fsp3) is 0.882. The average molecular weight is 519 g/mol. The van der Waals surface area contributed by atoms with E-state index in [9.17, 15) is 9.59 Å². The lowest BCUT2D eigenvalue weighted by atomic mass is 10.0. The molecule has 3 nitrogen and oxygen atoms in total. The van der Waals surface area contributed by atoms with E-state index in [0.29, 0.717) is 0 Å². The molecule has 1 aliphatic rings.